The summed E-state index contributed by atoms with van der Waals surface area (Å²) in [5, 5.41) is 9.86. The van der Waals surface area contributed by atoms with E-state index in [1.807, 2.05) is 6.07 Å². The number of anilines is 1. The largest absolute Gasteiger partial charge is 0.410 e. The molecule has 2 atom stereocenters. The molecule has 0 aliphatic carbocycles. The normalized spacial score (nSPS) is 21.9. The van der Waals surface area contributed by atoms with Gasteiger partial charge in [-0.25, -0.2) is 4.68 Å². The van der Waals surface area contributed by atoms with Crippen LogP contribution in [-0.4, -0.2) is 66.2 Å². The first kappa shape index (κ1) is 21.6. The highest BCUT2D eigenvalue weighted by molar-refractivity contribution is 5.93. The van der Waals surface area contributed by atoms with Gasteiger partial charge in [0, 0.05) is 32.1 Å². The Morgan fingerprint density at radius 1 is 1.23 bits per heavy atom. The summed E-state index contributed by atoms with van der Waals surface area (Å²) in [4.78, 5) is 14.7. The summed E-state index contributed by atoms with van der Waals surface area (Å²) in [6.07, 6.45) is -3.91. The topological polar surface area (TPSA) is 71.4 Å². The molecular weight excluding hydrogens is 411 g/mol. The number of amides is 1. The van der Waals surface area contributed by atoms with Gasteiger partial charge in [-0.05, 0) is 18.5 Å². The molecule has 0 spiro atoms. The zero-order chi connectivity index (χ0) is 21.8. The van der Waals surface area contributed by atoms with Crippen LogP contribution in [0.3, 0.4) is 0 Å². The number of ether oxygens (including phenoxy) is 1. The number of rotatable bonds is 6. The Bertz CT molecular complexity index is 881. The van der Waals surface area contributed by atoms with Crippen molar-refractivity contribution in [1.29, 1.82) is 0 Å². The second-order valence-electron chi connectivity index (χ2n) is 7.82. The third kappa shape index (κ3) is 5.19. The number of alkyl halides is 3. The van der Waals surface area contributed by atoms with Gasteiger partial charge in [-0.2, -0.15) is 18.3 Å². The number of carbonyl (C=O) groups excluding carboxylic acids is 1. The fourth-order valence-corrected chi connectivity index (χ4v) is 4.01. The monoisotopic (exact) mass is 437 g/mol. The van der Waals surface area contributed by atoms with Crippen LogP contribution in [-0.2, 0) is 4.74 Å². The van der Waals surface area contributed by atoms with Gasteiger partial charge in [-0.1, -0.05) is 30.3 Å². The lowest BCUT2D eigenvalue weighted by Crippen LogP contribution is -2.38. The van der Waals surface area contributed by atoms with Crippen molar-refractivity contribution in [2.75, 3.05) is 44.7 Å². The molecular formula is C21H26F3N5O2. The number of nitrogens with one attached hydrogen (secondary N) is 2. The smallest absolute Gasteiger partial charge is 0.379 e. The standard InChI is InChI=1S/C21H26F3N5O2/c22-21(23,24)18-13-16(15-5-2-1-3-6-15)26-19-14-17(27-29(18)19)20(30)25-7-4-8-28-9-11-31-12-10-28/h1-3,5-6,14,16,18,26H,4,7-13H2,(H,25,30)/t16-,18+/m1/s1. The molecule has 2 aliphatic rings. The van der Waals surface area contributed by atoms with Crippen LogP contribution in [0, 0.1) is 0 Å². The first-order valence-electron chi connectivity index (χ1n) is 10.5. The van der Waals surface area contributed by atoms with E-state index in [0.29, 0.717) is 19.8 Å². The lowest BCUT2D eigenvalue weighted by atomic mass is 9.97. The van der Waals surface area contributed by atoms with E-state index < -0.39 is 24.2 Å². The highest BCUT2D eigenvalue weighted by Gasteiger charge is 2.46. The molecule has 0 bridgehead atoms. The molecule has 1 amide bonds. The van der Waals surface area contributed by atoms with Crippen molar-refractivity contribution >= 4 is 11.7 Å². The van der Waals surface area contributed by atoms with Gasteiger partial charge < -0.3 is 15.4 Å². The maximum atomic E-state index is 13.7. The van der Waals surface area contributed by atoms with Gasteiger partial charge in [-0.3, -0.25) is 9.69 Å². The highest BCUT2D eigenvalue weighted by atomic mass is 19.4. The van der Waals surface area contributed by atoms with Crippen molar-refractivity contribution in [2.45, 2.75) is 31.1 Å². The molecule has 1 saturated heterocycles. The first-order valence-corrected chi connectivity index (χ1v) is 10.5. The maximum absolute atomic E-state index is 13.7. The van der Waals surface area contributed by atoms with Crippen LogP contribution in [0.2, 0.25) is 0 Å². The SMILES string of the molecule is O=C(NCCCN1CCOCC1)c1cc2n(n1)[C@H](C(F)(F)F)C[C@H](c1ccccc1)N2. The number of morpholine rings is 1. The zero-order valence-corrected chi connectivity index (χ0v) is 17.1. The molecule has 31 heavy (non-hydrogen) atoms. The van der Waals surface area contributed by atoms with Crippen molar-refractivity contribution in [3.05, 3.63) is 47.7 Å². The van der Waals surface area contributed by atoms with Crippen LogP contribution >= 0.6 is 0 Å². The third-order valence-corrected chi connectivity index (χ3v) is 5.66. The number of carbonyl (C=O) groups is 1. The molecule has 7 nitrogen and oxygen atoms in total. The lowest BCUT2D eigenvalue weighted by molar-refractivity contribution is -0.173. The molecule has 2 N–H and O–H groups in total. The summed E-state index contributed by atoms with van der Waals surface area (Å²) in [6, 6.07) is 8.07. The summed E-state index contributed by atoms with van der Waals surface area (Å²) < 4.78 is 47.4. The van der Waals surface area contributed by atoms with Crippen molar-refractivity contribution < 1.29 is 22.7 Å². The Hall–Kier alpha value is -2.59. The number of nitrogens with zero attached hydrogens (tertiary/aromatic N) is 3. The second kappa shape index (κ2) is 9.27. The van der Waals surface area contributed by atoms with E-state index in [4.69, 9.17) is 4.74 Å². The van der Waals surface area contributed by atoms with Crippen LogP contribution in [0.15, 0.2) is 36.4 Å². The lowest BCUT2D eigenvalue weighted by Gasteiger charge is -2.33. The van der Waals surface area contributed by atoms with Crippen molar-refractivity contribution in [2.24, 2.45) is 0 Å². The van der Waals surface area contributed by atoms with Gasteiger partial charge in [0.25, 0.3) is 5.91 Å². The minimum atomic E-state index is -4.47. The van der Waals surface area contributed by atoms with Crippen molar-refractivity contribution in [1.82, 2.24) is 20.0 Å². The number of benzene rings is 1. The molecule has 10 heteroatoms. The first-order chi connectivity index (χ1) is 14.9. The number of halogens is 3. The molecule has 2 aliphatic heterocycles. The third-order valence-electron chi connectivity index (χ3n) is 5.66. The van der Waals surface area contributed by atoms with E-state index >= 15 is 0 Å². The maximum Gasteiger partial charge on any atom is 0.410 e. The predicted molar refractivity (Wildman–Crippen MR) is 109 cm³/mol. The van der Waals surface area contributed by atoms with E-state index in [2.05, 4.69) is 20.6 Å². The summed E-state index contributed by atoms with van der Waals surface area (Å²) in [7, 11) is 0. The summed E-state index contributed by atoms with van der Waals surface area (Å²) >= 11 is 0. The minimum Gasteiger partial charge on any atom is -0.379 e. The van der Waals surface area contributed by atoms with Gasteiger partial charge in [0.05, 0.1) is 19.3 Å². The average molecular weight is 437 g/mol. The highest BCUT2D eigenvalue weighted by Crippen LogP contribution is 2.43. The number of fused-ring (bicyclic) bond motifs is 1. The van der Waals surface area contributed by atoms with Crippen molar-refractivity contribution in [3.8, 4) is 0 Å². The molecule has 0 unspecified atom stereocenters. The van der Waals surface area contributed by atoms with Crippen LogP contribution in [0.1, 0.15) is 41.0 Å². The average Bonchev–Trinajstić information content (AvgIpc) is 3.21. The van der Waals surface area contributed by atoms with Crippen LogP contribution in [0.25, 0.3) is 0 Å². The summed E-state index contributed by atoms with van der Waals surface area (Å²) in [5.74, 6) is -0.274. The molecule has 1 aromatic carbocycles. The Kier molecular flexibility index (Phi) is 6.47. The Labute approximate surface area is 178 Å². The Morgan fingerprint density at radius 2 is 1.97 bits per heavy atom. The van der Waals surface area contributed by atoms with Gasteiger partial charge in [-0.15, -0.1) is 0 Å². The number of hydrogen-bond donors (Lipinski definition) is 2. The van der Waals surface area contributed by atoms with Crippen LogP contribution in [0.4, 0.5) is 19.0 Å². The number of hydrogen-bond acceptors (Lipinski definition) is 5. The fourth-order valence-electron chi connectivity index (χ4n) is 4.01. The van der Waals surface area contributed by atoms with Crippen LogP contribution < -0.4 is 10.6 Å². The van der Waals surface area contributed by atoms with E-state index in [-0.39, 0.29) is 17.9 Å². The van der Waals surface area contributed by atoms with E-state index in [1.54, 1.807) is 24.3 Å². The molecule has 1 aromatic heterocycles. The molecule has 4 rings (SSSR count). The molecule has 1 fully saturated rings. The second-order valence-corrected chi connectivity index (χ2v) is 7.82. The Balaban J connectivity index is 1.41. The quantitative estimate of drug-likeness (QED) is 0.680. The molecule has 0 saturated carbocycles. The summed E-state index contributed by atoms with van der Waals surface area (Å²) in [5.41, 5.74) is 0.746. The molecule has 2 aromatic rings. The van der Waals surface area contributed by atoms with Gasteiger partial charge in [0.2, 0.25) is 0 Å². The minimum absolute atomic E-state index is 0.0168. The fraction of sp³-hybridized carbons (Fsp3) is 0.524. The summed E-state index contributed by atoms with van der Waals surface area (Å²) in [6.45, 7) is 4.43. The van der Waals surface area contributed by atoms with Gasteiger partial charge in [0.1, 0.15) is 5.82 Å². The molecule has 168 valence electrons. The van der Waals surface area contributed by atoms with Crippen LogP contribution in [0.5, 0.6) is 0 Å². The molecule has 3 heterocycles. The zero-order valence-electron chi connectivity index (χ0n) is 17.1. The van der Waals surface area contributed by atoms with E-state index in [9.17, 15) is 18.0 Å². The van der Waals surface area contributed by atoms with Crippen molar-refractivity contribution in [3.63, 3.8) is 0 Å². The Morgan fingerprint density at radius 3 is 2.68 bits per heavy atom. The van der Waals surface area contributed by atoms with E-state index in [1.165, 1.54) is 6.07 Å². The van der Waals surface area contributed by atoms with E-state index in [0.717, 1.165) is 36.3 Å². The molecule has 0 radical (unpaired) electrons. The predicted octanol–water partition coefficient (Wildman–Crippen LogP) is 3.00. The van der Waals surface area contributed by atoms with Gasteiger partial charge in [0.15, 0.2) is 11.7 Å². The number of aromatic nitrogens is 2. The van der Waals surface area contributed by atoms with Gasteiger partial charge >= 0.3 is 6.18 Å².